The number of hydrogen-bond acceptors (Lipinski definition) is 3. The first kappa shape index (κ1) is 11.0. The second kappa shape index (κ2) is 3.96. The van der Waals surface area contributed by atoms with Gasteiger partial charge in [-0.3, -0.25) is 4.98 Å². The van der Waals surface area contributed by atoms with Gasteiger partial charge >= 0.3 is 0 Å². The molecule has 0 aliphatic heterocycles. The van der Waals surface area contributed by atoms with Crippen LogP contribution in [-0.2, 0) is 10.0 Å². The van der Waals surface area contributed by atoms with Crippen molar-refractivity contribution in [3.63, 3.8) is 0 Å². The second-order valence-corrected chi connectivity index (χ2v) is 5.68. The van der Waals surface area contributed by atoms with Gasteiger partial charge in [-0.2, -0.15) is 0 Å². The molecule has 3 rings (SSSR count). The Bertz CT molecular complexity index is 792. The summed E-state index contributed by atoms with van der Waals surface area (Å²) in [5, 5.41) is 0.893. The number of para-hydroxylation sites is 1. The van der Waals surface area contributed by atoms with Gasteiger partial charge in [0.25, 0.3) is 10.0 Å². The van der Waals surface area contributed by atoms with E-state index in [1.54, 1.807) is 30.6 Å². The standard InChI is InChI=1S/C13H10N2O2S/c16-18(17,12-5-3-8-14-10-12)15-9-7-11-4-1-2-6-13(11)15/h1-10H. The molecule has 0 fully saturated rings. The fourth-order valence-electron chi connectivity index (χ4n) is 1.88. The normalized spacial score (nSPS) is 11.8. The molecule has 0 N–H and O–H groups in total. The third-order valence-corrected chi connectivity index (χ3v) is 4.43. The van der Waals surface area contributed by atoms with Crippen molar-refractivity contribution in [2.24, 2.45) is 0 Å². The van der Waals surface area contributed by atoms with Gasteiger partial charge in [-0.15, -0.1) is 0 Å². The van der Waals surface area contributed by atoms with Crippen molar-refractivity contribution in [2.75, 3.05) is 0 Å². The van der Waals surface area contributed by atoms with E-state index in [9.17, 15) is 8.42 Å². The highest BCUT2D eigenvalue weighted by Crippen LogP contribution is 2.21. The molecule has 0 saturated carbocycles. The van der Waals surface area contributed by atoms with Crippen LogP contribution in [0.2, 0.25) is 0 Å². The molecule has 0 spiro atoms. The summed E-state index contributed by atoms with van der Waals surface area (Å²) in [6.45, 7) is 0. The first-order valence-electron chi connectivity index (χ1n) is 5.41. The number of hydrogen-bond donors (Lipinski definition) is 0. The summed E-state index contributed by atoms with van der Waals surface area (Å²) >= 11 is 0. The fourth-order valence-corrected chi connectivity index (χ4v) is 3.20. The molecule has 18 heavy (non-hydrogen) atoms. The Morgan fingerprint density at radius 3 is 2.61 bits per heavy atom. The van der Waals surface area contributed by atoms with Crippen molar-refractivity contribution >= 4 is 20.9 Å². The minimum absolute atomic E-state index is 0.186. The van der Waals surface area contributed by atoms with E-state index in [1.165, 1.54) is 16.2 Å². The SMILES string of the molecule is O=S(=O)(c1cccnc1)n1ccc2ccccc21. The molecular weight excluding hydrogens is 248 g/mol. The van der Waals surface area contributed by atoms with Crippen LogP contribution in [0.15, 0.2) is 66.0 Å². The van der Waals surface area contributed by atoms with E-state index < -0.39 is 10.0 Å². The molecule has 1 aromatic carbocycles. The van der Waals surface area contributed by atoms with Gasteiger partial charge in [0.2, 0.25) is 0 Å². The van der Waals surface area contributed by atoms with Gasteiger partial charge in [0.05, 0.1) is 5.52 Å². The highest BCUT2D eigenvalue weighted by Gasteiger charge is 2.18. The zero-order valence-corrected chi connectivity index (χ0v) is 10.2. The van der Waals surface area contributed by atoms with E-state index in [-0.39, 0.29) is 4.90 Å². The number of aromatic nitrogens is 2. The summed E-state index contributed by atoms with van der Waals surface area (Å²) in [4.78, 5) is 4.03. The number of rotatable bonds is 2. The molecule has 0 saturated heterocycles. The van der Waals surface area contributed by atoms with Gasteiger partial charge in [0, 0.05) is 24.0 Å². The average Bonchev–Trinajstić information content (AvgIpc) is 2.84. The van der Waals surface area contributed by atoms with E-state index in [0.717, 1.165) is 5.39 Å². The molecule has 4 nitrogen and oxygen atoms in total. The lowest BCUT2D eigenvalue weighted by Crippen LogP contribution is -2.11. The molecule has 2 heterocycles. The van der Waals surface area contributed by atoms with Crippen LogP contribution in [0.5, 0.6) is 0 Å². The molecule has 0 radical (unpaired) electrons. The predicted octanol–water partition coefficient (Wildman–Crippen LogP) is 2.27. The first-order chi connectivity index (χ1) is 8.69. The molecule has 0 amide bonds. The topological polar surface area (TPSA) is 52.0 Å². The summed E-state index contributed by atoms with van der Waals surface area (Å²) in [6.07, 6.45) is 4.46. The van der Waals surface area contributed by atoms with E-state index in [1.807, 2.05) is 18.2 Å². The van der Waals surface area contributed by atoms with Crippen LogP contribution in [-0.4, -0.2) is 17.4 Å². The highest BCUT2D eigenvalue weighted by molar-refractivity contribution is 7.90. The Hall–Kier alpha value is -2.14. The van der Waals surface area contributed by atoms with Crippen molar-refractivity contribution < 1.29 is 8.42 Å². The summed E-state index contributed by atoms with van der Waals surface area (Å²) < 4.78 is 26.1. The van der Waals surface area contributed by atoms with Crippen molar-refractivity contribution in [1.82, 2.24) is 8.96 Å². The minimum atomic E-state index is -3.57. The molecule has 0 aliphatic rings. The Kier molecular flexibility index (Phi) is 2.41. The van der Waals surface area contributed by atoms with Gasteiger partial charge in [-0.25, -0.2) is 12.4 Å². The van der Waals surface area contributed by atoms with Crippen LogP contribution in [0.4, 0.5) is 0 Å². The average molecular weight is 258 g/mol. The van der Waals surface area contributed by atoms with Gasteiger partial charge < -0.3 is 0 Å². The summed E-state index contributed by atoms with van der Waals surface area (Å²) in [6, 6.07) is 12.3. The quantitative estimate of drug-likeness (QED) is 0.708. The van der Waals surface area contributed by atoms with Gasteiger partial charge in [-0.05, 0) is 24.3 Å². The van der Waals surface area contributed by atoms with E-state index >= 15 is 0 Å². The second-order valence-electron chi connectivity index (χ2n) is 3.86. The lowest BCUT2D eigenvalue weighted by atomic mass is 10.3. The largest absolute Gasteiger partial charge is 0.269 e. The van der Waals surface area contributed by atoms with E-state index in [2.05, 4.69) is 4.98 Å². The van der Waals surface area contributed by atoms with Gasteiger partial charge in [0.1, 0.15) is 4.90 Å². The summed E-state index contributed by atoms with van der Waals surface area (Å²) in [5.74, 6) is 0. The third kappa shape index (κ3) is 1.60. The number of fused-ring (bicyclic) bond motifs is 1. The molecule has 0 atom stereocenters. The minimum Gasteiger partial charge on any atom is -0.263 e. The zero-order valence-electron chi connectivity index (χ0n) is 9.39. The molecule has 0 aliphatic carbocycles. The fraction of sp³-hybridized carbons (Fsp3) is 0. The van der Waals surface area contributed by atoms with Crippen molar-refractivity contribution in [2.45, 2.75) is 4.90 Å². The number of nitrogens with zero attached hydrogens (tertiary/aromatic N) is 2. The lowest BCUT2D eigenvalue weighted by Gasteiger charge is -2.06. The Morgan fingerprint density at radius 1 is 1.00 bits per heavy atom. The lowest BCUT2D eigenvalue weighted by molar-refractivity contribution is 0.588. The molecule has 90 valence electrons. The van der Waals surface area contributed by atoms with Crippen LogP contribution >= 0.6 is 0 Å². The summed E-state index contributed by atoms with van der Waals surface area (Å²) in [5.41, 5.74) is 0.668. The summed E-state index contributed by atoms with van der Waals surface area (Å²) in [7, 11) is -3.57. The maximum absolute atomic E-state index is 12.4. The van der Waals surface area contributed by atoms with Crippen molar-refractivity contribution in [3.8, 4) is 0 Å². The van der Waals surface area contributed by atoms with Crippen molar-refractivity contribution in [3.05, 3.63) is 61.1 Å². The van der Waals surface area contributed by atoms with Crippen LogP contribution in [0.25, 0.3) is 10.9 Å². The smallest absolute Gasteiger partial charge is 0.263 e. The highest BCUT2D eigenvalue weighted by atomic mass is 32.2. The van der Waals surface area contributed by atoms with Gasteiger partial charge in [0.15, 0.2) is 0 Å². The van der Waals surface area contributed by atoms with Crippen molar-refractivity contribution in [1.29, 1.82) is 0 Å². The molecule has 5 heteroatoms. The van der Waals surface area contributed by atoms with Crippen LogP contribution < -0.4 is 0 Å². The number of pyridine rings is 1. The van der Waals surface area contributed by atoms with Crippen LogP contribution in [0, 0.1) is 0 Å². The van der Waals surface area contributed by atoms with Crippen LogP contribution in [0.1, 0.15) is 0 Å². The Balaban J connectivity index is 2.27. The predicted molar refractivity (Wildman–Crippen MR) is 68.8 cm³/mol. The molecule has 3 aromatic rings. The molecule has 0 unspecified atom stereocenters. The molecular formula is C13H10N2O2S. The zero-order chi connectivity index (χ0) is 12.6. The maximum Gasteiger partial charge on any atom is 0.269 e. The van der Waals surface area contributed by atoms with Crippen LogP contribution in [0.3, 0.4) is 0 Å². The van der Waals surface area contributed by atoms with E-state index in [4.69, 9.17) is 0 Å². The van der Waals surface area contributed by atoms with E-state index in [0.29, 0.717) is 5.52 Å². The maximum atomic E-state index is 12.4. The third-order valence-electron chi connectivity index (χ3n) is 2.75. The first-order valence-corrected chi connectivity index (χ1v) is 6.85. The number of benzene rings is 1. The Labute approximate surface area is 105 Å². The monoisotopic (exact) mass is 258 g/mol. The molecule has 2 aromatic heterocycles. The molecule has 0 bridgehead atoms. The Morgan fingerprint density at radius 2 is 1.83 bits per heavy atom. The van der Waals surface area contributed by atoms with Gasteiger partial charge in [-0.1, -0.05) is 18.2 Å².